The maximum atomic E-state index is 13.3. The van der Waals surface area contributed by atoms with Crippen molar-refractivity contribution < 1.29 is 46.3 Å². The molecule has 646 valence electrons. The van der Waals surface area contributed by atoms with Gasteiger partial charge in [0.1, 0.15) is 34.5 Å². The highest BCUT2D eigenvalue weighted by atomic mass is 32.2. The number of rotatable bonds is 26. The Morgan fingerprint density at radius 2 is 0.769 bits per heavy atom. The third-order valence-electron chi connectivity index (χ3n) is 20.2. The Hall–Kier alpha value is -9.62. The largest absolute Gasteiger partial charge is 0.497 e. The maximum absolute atomic E-state index is 13.3. The zero-order valence-corrected chi connectivity index (χ0v) is 77.8. The lowest BCUT2D eigenvalue weighted by Gasteiger charge is -2.34. The lowest BCUT2D eigenvalue weighted by Crippen LogP contribution is -2.35. The Bertz CT molecular complexity index is 4130. The number of aryl methyl sites for hydroxylation is 1. The van der Waals surface area contributed by atoms with Gasteiger partial charge in [-0.3, -0.25) is 0 Å². The number of thioether (sulfide) groups is 1. The topological polar surface area (TPSA) is 90.5 Å². The average molecular weight is 1640 g/mol. The van der Waals surface area contributed by atoms with Gasteiger partial charge in [0.25, 0.3) is 0 Å². The molecule has 19 heteroatoms. The predicted octanol–water partition coefficient (Wildman–Crippen LogP) is 24.8. The van der Waals surface area contributed by atoms with Gasteiger partial charge in [-0.1, -0.05) is 12.1 Å². The summed E-state index contributed by atoms with van der Waals surface area (Å²) in [6.45, 7) is 43.3. The SMILES string of the molecule is CC(C)N(C)c1ccc(OC(C)(F)F)cc1.CC(C)Oc1ccc(N(C)C(C)C)cc1.CCOc1ccc(N(C)C(C)C)cc1.COc1ccc(N(C)C(C)C)cc1.COc1ccc(N(C)C(C)C)cc1F.COc1ccc2c(c1)CCCN2C(C)C.COc1cccc2cc(N(C)C(C)C)ccc12.CSc1ccc(N(C)C(C)C)cc1. The number of alkyl halides is 2. The van der Waals surface area contributed by atoms with Gasteiger partial charge >= 0.3 is 6.11 Å². The molecule has 0 unspecified atom stereocenters. The summed E-state index contributed by atoms with van der Waals surface area (Å²) in [5, 5.41) is 2.38. The minimum Gasteiger partial charge on any atom is -0.497 e. The molecule has 0 atom stereocenters. The standard InChI is InChI=1S/C15H19NO.C13H19NO.C13H21NO.C12H17F2NO.C12H19NO.C11H16FNO.C11H17NO.C11H17NS/c1-11(2)16(3)13-8-9-14-12(10-13)6-5-7-15(14)17-4;1-10(2)14-8-4-5-11-9-12(15-3)6-7-13(11)14;1-10(2)14(5)12-6-8-13(9-7-12)15-11(3)4;1-9(2)15(4)10-5-7-11(8-6-10)16-12(3,13)14;1-5-14-12-8-6-11(7-9-12)13(4)10(2)3;1-8(2)13(3)9-5-6-11(14-4)10(12)7-9;2*1-9(2)12(3)10-5-7-11(13-4)8-6-10/h5-11H,1-4H3;6-7,9-10H,4-5,8H2,1-3H3;6-11H,1-5H3;5-9H,1-4H3;6-10H,5H2,1-4H3;5-8H,1-4H3;2*5-9H,1-4H3. The van der Waals surface area contributed by atoms with Crippen LogP contribution in [0.15, 0.2) is 199 Å². The van der Waals surface area contributed by atoms with Crippen molar-refractivity contribution in [2.45, 2.75) is 217 Å². The van der Waals surface area contributed by atoms with Crippen LogP contribution in [0.1, 0.15) is 150 Å². The number of fused-ring (bicyclic) bond motifs is 2. The van der Waals surface area contributed by atoms with Crippen molar-refractivity contribution in [3.05, 3.63) is 206 Å². The van der Waals surface area contributed by atoms with Crippen LogP contribution in [-0.2, 0) is 6.42 Å². The van der Waals surface area contributed by atoms with Crippen LogP contribution in [0.4, 0.5) is 58.7 Å². The Labute approximate surface area is 709 Å². The molecule has 0 aromatic heterocycles. The summed E-state index contributed by atoms with van der Waals surface area (Å²) in [5.74, 6) is 4.82. The Kier molecular flexibility index (Phi) is 44.8. The van der Waals surface area contributed by atoms with Crippen LogP contribution in [0, 0.1) is 5.82 Å². The molecule has 9 aromatic carbocycles. The minimum atomic E-state index is -3.13. The first-order chi connectivity index (χ1) is 55.1. The van der Waals surface area contributed by atoms with E-state index < -0.39 is 6.11 Å². The lowest BCUT2D eigenvalue weighted by atomic mass is 10.0. The zero-order chi connectivity index (χ0) is 88.0. The van der Waals surface area contributed by atoms with Gasteiger partial charge in [-0.05, 0) is 338 Å². The number of ether oxygens (including phenoxy) is 7. The molecule has 0 saturated heterocycles. The second kappa shape index (κ2) is 51.6. The van der Waals surface area contributed by atoms with E-state index in [0.717, 1.165) is 59.0 Å². The molecule has 1 aliphatic heterocycles. The number of hydrogen-bond donors (Lipinski definition) is 0. The molecule has 0 bridgehead atoms. The van der Waals surface area contributed by atoms with Crippen LogP contribution in [0.5, 0.6) is 40.2 Å². The summed E-state index contributed by atoms with van der Waals surface area (Å²) < 4.78 is 74.4. The first-order valence-electron chi connectivity index (χ1n) is 41.0. The van der Waals surface area contributed by atoms with Gasteiger partial charge in [-0.15, -0.1) is 11.8 Å². The van der Waals surface area contributed by atoms with Crippen LogP contribution < -0.4 is 72.4 Å². The second-order valence-corrected chi connectivity index (χ2v) is 32.3. The highest BCUT2D eigenvalue weighted by molar-refractivity contribution is 7.98. The summed E-state index contributed by atoms with van der Waals surface area (Å²) in [4.78, 5) is 19.1. The highest BCUT2D eigenvalue weighted by Gasteiger charge is 2.24. The van der Waals surface area contributed by atoms with E-state index in [1.54, 1.807) is 63.4 Å². The molecule has 0 fully saturated rings. The second-order valence-electron chi connectivity index (χ2n) is 31.4. The molecule has 9 aromatic rings. The van der Waals surface area contributed by atoms with Crippen molar-refractivity contribution in [2.75, 3.05) is 136 Å². The molecule has 0 spiro atoms. The zero-order valence-electron chi connectivity index (χ0n) is 77.0. The van der Waals surface area contributed by atoms with Gasteiger partial charge in [0.2, 0.25) is 0 Å². The van der Waals surface area contributed by atoms with Crippen LogP contribution in [-0.4, -0.2) is 158 Å². The van der Waals surface area contributed by atoms with Crippen molar-refractivity contribution in [1.29, 1.82) is 0 Å². The van der Waals surface area contributed by atoms with E-state index in [0.29, 0.717) is 48.3 Å². The van der Waals surface area contributed by atoms with Gasteiger partial charge in [-0.2, -0.15) is 8.78 Å². The van der Waals surface area contributed by atoms with Crippen molar-refractivity contribution in [3.8, 4) is 40.2 Å². The summed E-state index contributed by atoms with van der Waals surface area (Å²) in [6, 6.07) is 67.7. The molecule has 0 N–H and O–H groups in total. The van der Waals surface area contributed by atoms with E-state index in [-0.39, 0.29) is 23.4 Å². The number of anilines is 8. The summed E-state index contributed by atoms with van der Waals surface area (Å²) in [6.07, 6.45) is 1.62. The number of halogens is 3. The average Bonchev–Trinajstić information content (AvgIpc) is 0.811. The van der Waals surface area contributed by atoms with E-state index in [1.807, 2.05) is 99.3 Å². The fourth-order valence-corrected chi connectivity index (χ4v) is 11.8. The Morgan fingerprint density at radius 1 is 0.402 bits per heavy atom. The molecule has 0 radical (unpaired) electrons. The molecule has 10 rings (SSSR count). The summed E-state index contributed by atoms with van der Waals surface area (Å²) >= 11 is 1.78. The molecule has 15 nitrogen and oxygen atoms in total. The van der Waals surface area contributed by atoms with Gasteiger partial charge in [0.05, 0.1) is 41.2 Å². The fourth-order valence-electron chi connectivity index (χ4n) is 11.4. The van der Waals surface area contributed by atoms with Crippen molar-refractivity contribution in [1.82, 2.24) is 0 Å². The van der Waals surface area contributed by atoms with E-state index >= 15 is 0 Å². The molecule has 1 heterocycles. The quantitative estimate of drug-likeness (QED) is 0.0481. The van der Waals surface area contributed by atoms with E-state index in [4.69, 9.17) is 28.4 Å². The monoisotopic (exact) mass is 1640 g/mol. The molecule has 0 aliphatic carbocycles. The van der Waals surface area contributed by atoms with Crippen LogP contribution in [0.2, 0.25) is 0 Å². The Morgan fingerprint density at radius 3 is 1.14 bits per heavy atom. The maximum Gasteiger partial charge on any atom is 0.394 e. The van der Waals surface area contributed by atoms with Crippen LogP contribution in [0.25, 0.3) is 10.8 Å². The van der Waals surface area contributed by atoms with Crippen molar-refractivity contribution in [3.63, 3.8) is 0 Å². The van der Waals surface area contributed by atoms with Gasteiger partial charge in [0.15, 0.2) is 11.6 Å². The number of nitrogens with zero attached hydrogens (tertiary/aromatic N) is 8. The van der Waals surface area contributed by atoms with E-state index in [1.165, 1.54) is 82.5 Å². The van der Waals surface area contributed by atoms with Gasteiger partial charge in [-0.25, -0.2) is 4.39 Å². The molecule has 1 aliphatic rings. The number of methoxy groups -OCH3 is 4. The molecule has 117 heavy (non-hydrogen) atoms. The lowest BCUT2D eigenvalue weighted by molar-refractivity contribution is -0.158. The van der Waals surface area contributed by atoms with Crippen molar-refractivity contribution >= 4 is 68.0 Å². The predicted molar refractivity (Wildman–Crippen MR) is 501 cm³/mol. The summed E-state index contributed by atoms with van der Waals surface area (Å²) in [5.41, 5.74) is 10.8. The van der Waals surface area contributed by atoms with E-state index in [9.17, 15) is 13.2 Å². The Balaban J connectivity index is 0.000000346. The first-order valence-corrected chi connectivity index (χ1v) is 42.3. The molecular weight excluding hydrogens is 1490 g/mol. The fraction of sp³-hybridized carbons (Fsp3) is 0.469. The number of benzene rings is 9. The van der Waals surface area contributed by atoms with Crippen molar-refractivity contribution in [2.24, 2.45) is 0 Å². The smallest absolute Gasteiger partial charge is 0.394 e. The van der Waals surface area contributed by atoms with E-state index in [2.05, 4.69) is 290 Å². The van der Waals surface area contributed by atoms with Gasteiger partial charge in [0, 0.05) is 173 Å². The van der Waals surface area contributed by atoms with Crippen LogP contribution in [0.3, 0.4) is 0 Å². The van der Waals surface area contributed by atoms with Crippen LogP contribution >= 0.6 is 11.8 Å². The highest BCUT2D eigenvalue weighted by Crippen LogP contribution is 2.34. The first kappa shape index (κ1) is 102. The molecule has 0 saturated carbocycles. The normalized spacial score (nSPS) is 11.3. The molecular formula is C98H145F3N8O7S. The van der Waals surface area contributed by atoms with Gasteiger partial charge < -0.3 is 72.4 Å². The molecule has 0 amide bonds. The third-order valence-corrected chi connectivity index (χ3v) is 20.9. The third kappa shape index (κ3) is 35.2. The summed E-state index contributed by atoms with van der Waals surface area (Å²) in [7, 11) is 21.0. The number of hydrogen-bond acceptors (Lipinski definition) is 16. The minimum absolute atomic E-state index is 0.174.